The van der Waals surface area contributed by atoms with Crippen LogP contribution in [0.2, 0.25) is 5.02 Å². The van der Waals surface area contributed by atoms with Crippen molar-refractivity contribution < 1.29 is 9.84 Å². The zero-order valence-corrected chi connectivity index (χ0v) is 23.3. The maximum Gasteiger partial charge on any atom is 0.217 e. The van der Waals surface area contributed by atoms with Crippen LogP contribution in [0.1, 0.15) is 29.0 Å². The fraction of sp³-hybridized carbons (Fsp3) is 0.206. The molecule has 4 nitrogen and oxygen atoms in total. The summed E-state index contributed by atoms with van der Waals surface area (Å²) in [5.41, 5.74) is 3.33. The molecule has 0 amide bonds. The highest BCUT2D eigenvalue weighted by molar-refractivity contribution is 6.30. The number of aromatic nitrogens is 1. The van der Waals surface area contributed by atoms with Gasteiger partial charge in [0.2, 0.25) is 5.88 Å². The van der Waals surface area contributed by atoms with E-state index in [-0.39, 0.29) is 0 Å². The van der Waals surface area contributed by atoms with Gasteiger partial charge in [0.15, 0.2) is 0 Å². The lowest BCUT2D eigenvalue weighted by atomic mass is 9.70. The molecule has 4 aromatic carbocycles. The molecule has 0 aliphatic rings. The Balaban J connectivity index is 1.80. The van der Waals surface area contributed by atoms with E-state index in [1.165, 1.54) is 0 Å². The van der Waals surface area contributed by atoms with Crippen molar-refractivity contribution in [2.45, 2.75) is 17.9 Å². The molecule has 5 aromatic rings. The van der Waals surface area contributed by atoms with Crippen LogP contribution in [0.4, 0.5) is 0 Å². The van der Waals surface area contributed by atoms with Gasteiger partial charge in [0.25, 0.3) is 0 Å². The zero-order valence-electron chi connectivity index (χ0n) is 22.5. The number of hydrogen-bond donors (Lipinski definition) is 1. The van der Waals surface area contributed by atoms with Gasteiger partial charge in [0, 0.05) is 34.8 Å². The minimum atomic E-state index is -1.28. The number of rotatable bonds is 9. The van der Waals surface area contributed by atoms with Crippen molar-refractivity contribution in [1.82, 2.24) is 9.88 Å². The van der Waals surface area contributed by atoms with E-state index in [1.54, 1.807) is 7.11 Å². The molecule has 2 atom stereocenters. The number of fused-ring (bicyclic) bond motifs is 1. The average Bonchev–Trinajstić information content (AvgIpc) is 2.97. The smallest absolute Gasteiger partial charge is 0.217 e. The third-order valence-corrected chi connectivity index (χ3v) is 7.62. The van der Waals surface area contributed by atoms with Crippen LogP contribution in [-0.2, 0) is 5.60 Å². The molecule has 0 aliphatic heterocycles. The maximum absolute atomic E-state index is 13.1. The third kappa shape index (κ3) is 5.55. The second kappa shape index (κ2) is 11.6. The number of benzene rings is 4. The van der Waals surface area contributed by atoms with Crippen LogP contribution in [0.25, 0.3) is 21.9 Å². The van der Waals surface area contributed by atoms with E-state index in [0.717, 1.165) is 38.6 Å². The first-order chi connectivity index (χ1) is 18.9. The molecule has 1 heterocycles. The van der Waals surface area contributed by atoms with Crippen molar-refractivity contribution in [3.8, 4) is 17.0 Å². The van der Waals surface area contributed by atoms with E-state index in [2.05, 4.69) is 47.4 Å². The quantitative estimate of drug-likeness (QED) is 0.211. The summed E-state index contributed by atoms with van der Waals surface area (Å²) in [6.07, 6.45) is 2.31. The molecule has 5 rings (SSSR count). The van der Waals surface area contributed by atoms with Crippen LogP contribution in [-0.4, -0.2) is 42.7 Å². The number of methoxy groups -OCH3 is 1. The molecule has 5 heteroatoms. The van der Waals surface area contributed by atoms with E-state index < -0.39 is 11.5 Å². The Morgan fingerprint density at radius 3 is 2.28 bits per heavy atom. The standard InChI is InChI=1S/C34H33ClN2O2/c1-37(2)21-20-34(38,31-15-9-13-25-10-7-8-14-29(25)31)32(26-11-5-4-6-12-26)30-22-27(23-36-33(30)39-3)24-16-18-28(35)19-17-24/h4-19,22-23,32,38H,20-21H2,1-3H3/t32-,34+/m0/s1. The number of ether oxygens (including phenoxy) is 1. The van der Waals surface area contributed by atoms with E-state index in [4.69, 9.17) is 21.3 Å². The summed E-state index contributed by atoms with van der Waals surface area (Å²) in [4.78, 5) is 6.84. The molecule has 0 radical (unpaired) electrons. The molecular weight excluding hydrogens is 504 g/mol. The maximum atomic E-state index is 13.1. The molecule has 0 fully saturated rings. The molecule has 0 saturated heterocycles. The van der Waals surface area contributed by atoms with Crippen LogP contribution in [0.3, 0.4) is 0 Å². The molecule has 39 heavy (non-hydrogen) atoms. The van der Waals surface area contributed by atoms with Crippen molar-refractivity contribution in [2.75, 3.05) is 27.7 Å². The van der Waals surface area contributed by atoms with Crippen molar-refractivity contribution in [1.29, 1.82) is 0 Å². The summed E-state index contributed by atoms with van der Waals surface area (Å²) in [6, 6.07) is 34.4. The first-order valence-electron chi connectivity index (χ1n) is 13.1. The van der Waals surface area contributed by atoms with Gasteiger partial charge in [-0.05, 0) is 66.2 Å². The van der Waals surface area contributed by atoms with E-state index in [0.29, 0.717) is 23.9 Å². The second-order valence-corrected chi connectivity index (χ2v) is 10.6. The number of aliphatic hydroxyl groups is 1. The third-order valence-electron chi connectivity index (χ3n) is 7.37. The number of nitrogens with zero attached hydrogens (tertiary/aromatic N) is 2. The molecule has 0 aliphatic carbocycles. The predicted octanol–water partition coefficient (Wildman–Crippen LogP) is 7.54. The largest absolute Gasteiger partial charge is 0.481 e. The van der Waals surface area contributed by atoms with Gasteiger partial charge in [-0.15, -0.1) is 0 Å². The number of pyridine rings is 1. The van der Waals surface area contributed by atoms with Crippen LogP contribution in [0, 0.1) is 0 Å². The molecule has 0 bridgehead atoms. The van der Waals surface area contributed by atoms with Gasteiger partial charge < -0.3 is 14.7 Å². The van der Waals surface area contributed by atoms with Crippen molar-refractivity contribution in [2.24, 2.45) is 0 Å². The van der Waals surface area contributed by atoms with Gasteiger partial charge in [0.05, 0.1) is 7.11 Å². The van der Waals surface area contributed by atoms with Gasteiger partial charge in [-0.25, -0.2) is 4.98 Å². The summed E-state index contributed by atoms with van der Waals surface area (Å²) in [5.74, 6) is 0.0317. The van der Waals surface area contributed by atoms with Gasteiger partial charge in [-0.3, -0.25) is 0 Å². The van der Waals surface area contributed by atoms with Gasteiger partial charge in [-0.2, -0.15) is 0 Å². The lowest BCUT2D eigenvalue weighted by Gasteiger charge is -2.39. The normalized spacial score (nSPS) is 13.8. The molecule has 198 valence electrons. The molecule has 1 N–H and O–H groups in total. The van der Waals surface area contributed by atoms with E-state index in [9.17, 15) is 5.11 Å². The summed E-state index contributed by atoms with van der Waals surface area (Å²) in [6.45, 7) is 0.690. The monoisotopic (exact) mass is 536 g/mol. The van der Waals surface area contributed by atoms with Crippen LogP contribution in [0.15, 0.2) is 109 Å². The Kier molecular flexibility index (Phi) is 7.99. The van der Waals surface area contributed by atoms with Crippen LogP contribution >= 0.6 is 11.6 Å². The Hall–Kier alpha value is -3.70. The second-order valence-electron chi connectivity index (χ2n) is 10.2. The Morgan fingerprint density at radius 2 is 1.56 bits per heavy atom. The fourth-order valence-electron chi connectivity index (χ4n) is 5.44. The lowest BCUT2D eigenvalue weighted by Crippen LogP contribution is -2.38. The van der Waals surface area contributed by atoms with Crippen LogP contribution in [0.5, 0.6) is 5.88 Å². The van der Waals surface area contributed by atoms with Gasteiger partial charge >= 0.3 is 0 Å². The van der Waals surface area contributed by atoms with Crippen molar-refractivity contribution >= 4 is 22.4 Å². The first kappa shape index (κ1) is 26.9. The average molecular weight is 537 g/mol. The Morgan fingerprint density at radius 1 is 0.872 bits per heavy atom. The van der Waals surface area contributed by atoms with E-state index in [1.807, 2.05) is 81.0 Å². The molecule has 1 aromatic heterocycles. The highest BCUT2D eigenvalue weighted by Crippen LogP contribution is 2.49. The highest BCUT2D eigenvalue weighted by Gasteiger charge is 2.43. The summed E-state index contributed by atoms with van der Waals surface area (Å²) < 4.78 is 5.85. The minimum absolute atomic E-state index is 0.459. The predicted molar refractivity (Wildman–Crippen MR) is 161 cm³/mol. The van der Waals surface area contributed by atoms with Gasteiger partial charge in [0.1, 0.15) is 5.60 Å². The summed E-state index contributed by atoms with van der Waals surface area (Å²) >= 11 is 6.17. The Bertz CT molecular complexity index is 1550. The number of hydrogen-bond acceptors (Lipinski definition) is 4. The van der Waals surface area contributed by atoms with Crippen molar-refractivity contribution in [3.63, 3.8) is 0 Å². The minimum Gasteiger partial charge on any atom is -0.481 e. The summed E-state index contributed by atoms with van der Waals surface area (Å²) in [5, 5.41) is 15.9. The highest BCUT2D eigenvalue weighted by atomic mass is 35.5. The SMILES string of the molecule is COc1ncc(-c2ccc(Cl)cc2)cc1[C@H](c1ccccc1)[C@@](O)(CCN(C)C)c1cccc2ccccc12. The summed E-state index contributed by atoms with van der Waals surface area (Å²) in [7, 11) is 5.70. The fourth-order valence-corrected chi connectivity index (χ4v) is 5.56. The Labute approximate surface area is 235 Å². The topological polar surface area (TPSA) is 45.6 Å². The number of halogens is 1. The molecular formula is C34H33ClN2O2. The lowest BCUT2D eigenvalue weighted by molar-refractivity contribution is 0.00517. The zero-order chi connectivity index (χ0) is 27.4. The molecule has 0 saturated carbocycles. The first-order valence-corrected chi connectivity index (χ1v) is 13.5. The van der Waals surface area contributed by atoms with Crippen LogP contribution < -0.4 is 4.74 Å². The van der Waals surface area contributed by atoms with Gasteiger partial charge in [-0.1, -0.05) is 96.5 Å². The molecule has 0 unspecified atom stereocenters. The van der Waals surface area contributed by atoms with E-state index >= 15 is 0 Å². The molecule has 0 spiro atoms. The van der Waals surface area contributed by atoms with Crippen molar-refractivity contribution in [3.05, 3.63) is 131 Å².